The Kier molecular flexibility index (Phi) is 20.7. The monoisotopic (exact) mass is 729 g/mol. The molecule has 290 valence electrons. The predicted octanol–water partition coefficient (Wildman–Crippen LogP) is -1.56. The molecule has 0 unspecified atom stereocenters. The van der Waals surface area contributed by atoms with E-state index in [0.717, 1.165) is 0 Å². The van der Waals surface area contributed by atoms with E-state index in [9.17, 15) is 48.3 Å². The summed E-state index contributed by atoms with van der Waals surface area (Å²) in [5.41, 5.74) is 5.99. The lowest BCUT2D eigenvalue weighted by Gasteiger charge is -2.29. The van der Waals surface area contributed by atoms with Crippen LogP contribution in [0.1, 0.15) is 87.0 Å². The number of carboxylic acids is 3. The van der Waals surface area contributed by atoms with Crippen LogP contribution in [0.15, 0.2) is 0 Å². The molecule has 6 amide bonds. The quantitative estimate of drug-likeness (QED) is 0.0538. The molecule has 7 atom stereocenters. The molecular formula is C32H55N7O12. The molecule has 0 aliphatic rings. The molecule has 0 heterocycles. The van der Waals surface area contributed by atoms with Gasteiger partial charge in [-0.3, -0.25) is 38.4 Å². The summed E-state index contributed by atoms with van der Waals surface area (Å²) in [7, 11) is 0. The molecule has 0 aliphatic heterocycles. The van der Waals surface area contributed by atoms with Crippen LogP contribution < -0.4 is 37.6 Å². The van der Waals surface area contributed by atoms with Crippen molar-refractivity contribution < 1.29 is 58.5 Å². The Morgan fingerprint density at radius 3 is 1.59 bits per heavy atom. The van der Waals surface area contributed by atoms with E-state index < -0.39 is 128 Å². The summed E-state index contributed by atoms with van der Waals surface area (Å²) in [6, 6.07) is -7.34. The molecule has 51 heavy (non-hydrogen) atoms. The highest BCUT2D eigenvalue weighted by Gasteiger charge is 2.33. The van der Waals surface area contributed by atoms with Gasteiger partial charge >= 0.3 is 17.9 Å². The number of carbonyl (C=O) groups is 9. The average molecular weight is 730 g/mol. The Balaban J connectivity index is 5.48. The van der Waals surface area contributed by atoms with Crippen molar-refractivity contribution in [1.82, 2.24) is 31.9 Å². The van der Waals surface area contributed by atoms with Gasteiger partial charge in [-0.2, -0.15) is 0 Å². The summed E-state index contributed by atoms with van der Waals surface area (Å²) >= 11 is 0. The largest absolute Gasteiger partial charge is 0.481 e. The minimum atomic E-state index is -1.63. The van der Waals surface area contributed by atoms with Crippen molar-refractivity contribution in [2.45, 2.75) is 123 Å². The summed E-state index contributed by atoms with van der Waals surface area (Å²) in [5.74, 6) is -9.49. The van der Waals surface area contributed by atoms with Gasteiger partial charge in [-0.05, 0) is 43.9 Å². The normalized spacial score (nSPS) is 15.2. The first-order valence-electron chi connectivity index (χ1n) is 16.8. The van der Waals surface area contributed by atoms with Crippen LogP contribution in [0.4, 0.5) is 0 Å². The summed E-state index contributed by atoms with van der Waals surface area (Å²) in [6.45, 7) is 11.3. The van der Waals surface area contributed by atoms with Crippen molar-refractivity contribution in [1.29, 1.82) is 0 Å². The van der Waals surface area contributed by atoms with Crippen molar-refractivity contribution in [2.75, 3.05) is 6.54 Å². The first-order chi connectivity index (χ1) is 23.6. The van der Waals surface area contributed by atoms with Crippen molar-refractivity contribution >= 4 is 53.4 Å². The lowest BCUT2D eigenvalue weighted by Crippen LogP contribution is -2.60. The van der Waals surface area contributed by atoms with Gasteiger partial charge in [-0.1, -0.05) is 48.0 Å². The van der Waals surface area contributed by atoms with E-state index in [1.165, 1.54) is 6.92 Å². The van der Waals surface area contributed by atoms with Crippen LogP contribution >= 0.6 is 0 Å². The number of rotatable bonds is 24. The Morgan fingerprint density at radius 1 is 0.608 bits per heavy atom. The van der Waals surface area contributed by atoms with E-state index in [0.29, 0.717) is 12.8 Å². The topological polar surface area (TPSA) is 313 Å². The number of aliphatic carboxylic acids is 3. The van der Waals surface area contributed by atoms with Gasteiger partial charge in [0.1, 0.15) is 30.2 Å². The van der Waals surface area contributed by atoms with Crippen LogP contribution in [-0.2, 0) is 43.2 Å². The standard InChI is InChI=1S/C32H55N7O12/c1-8-17(6)26(39-28(46)19(33)13-15(2)3)31(49)38-25(16(4)5)30(48)35-18(7)27(45)34-14-22(40)36-20(9-11-23(41)42)29(47)37-21(32(50)51)10-12-24(43)44/h15-21,25-26H,8-14,33H2,1-7H3,(H,34,45)(H,35,48)(H,36,40)(H,37,47)(H,38,49)(H,39,46)(H,41,42)(H,43,44)(H,50,51)/t17-,18-,19-,20-,21-,25-,26-/m0/s1. The predicted molar refractivity (Wildman–Crippen MR) is 181 cm³/mol. The molecule has 0 aromatic rings. The van der Waals surface area contributed by atoms with Crippen LogP contribution in [0.3, 0.4) is 0 Å². The third-order valence-electron chi connectivity index (χ3n) is 7.84. The number of carboxylic acid groups (broad SMARTS) is 3. The number of amides is 6. The zero-order valence-corrected chi connectivity index (χ0v) is 30.2. The fraction of sp³-hybridized carbons (Fsp3) is 0.719. The van der Waals surface area contributed by atoms with Crippen molar-refractivity contribution in [3.05, 3.63) is 0 Å². The van der Waals surface area contributed by atoms with Gasteiger partial charge in [0.15, 0.2) is 0 Å². The van der Waals surface area contributed by atoms with Crippen molar-refractivity contribution in [3.63, 3.8) is 0 Å². The first-order valence-corrected chi connectivity index (χ1v) is 16.8. The molecule has 19 heteroatoms. The maximum absolute atomic E-state index is 13.3. The third kappa shape index (κ3) is 18.1. The minimum Gasteiger partial charge on any atom is -0.481 e. The molecule has 11 N–H and O–H groups in total. The summed E-state index contributed by atoms with van der Waals surface area (Å²) in [5, 5.41) is 41.5. The van der Waals surface area contributed by atoms with Crippen LogP contribution in [0.5, 0.6) is 0 Å². The van der Waals surface area contributed by atoms with Gasteiger partial charge in [-0.25, -0.2) is 4.79 Å². The van der Waals surface area contributed by atoms with Crippen LogP contribution in [0, 0.1) is 17.8 Å². The molecule has 19 nitrogen and oxygen atoms in total. The molecule has 0 spiro atoms. The molecule has 0 aromatic carbocycles. The second-order valence-electron chi connectivity index (χ2n) is 13.2. The maximum atomic E-state index is 13.3. The van der Waals surface area contributed by atoms with Crippen LogP contribution in [-0.4, -0.2) is 111 Å². The molecule has 0 aromatic heterocycles. The van der Waals surface area contributed by atoms with E-state index in [2.05, 4.69) is 31.9 Å². The minimum absolute atomic E-state index is 0.146. The first kappa shape index (κ1) is 46.2. The highest BCUT2D eigenvalue weighted by molar-refractivity contribution is 5.96. The molecule has 0 saturated heterocycles. The Bertz CT molecular complexity index is 1260. The van der Waals surface area contributed by atoms with Gasteiger partial charge in [0.05, 0.1) is 12.6 Å². The number of carbonyl (C=O) groups excluding carboxylic acids is 6. The maximum Gasteiger partial charge on any atom is 0.326 e. The lowest BCUT2D eigenvalue weighted by atomic mass is 9.95. The van der Waals surface area contributed by atoms with Crippen LogP contribution in [0.25, 0.3) is 0 Å². The van der Waals surface area contributed by atoms with Crippen molar-refractivity contribution in [3.8, 4) is 0 Å². The Hall–Kier alpha value is -4.81. The smallest absolute Gasteiger partial charge is 0.326 e. The van der Waals surface area contributed by atoms with E-state index in [4.69, 9.17) is 15.9 Å². The fourth-order valence-electron chi connectivity index (χ4n) is 4.62. The second-order valence-corrected chi connectivity index (χ2v) is 13.2. The van der Waals surface area contributed by atoms with Gasteiger partial charge in [0.25, 0.3) is 0 Å². The molecule has 0 rings (SSSR count). The fourth-order valence-corrected chi connectivity index (χ4v) is 4.62. The molecular weight excluding hydrogens is 674 g/mol. The molecule has 0 bridgehead atoms. The molecule has 0 radical (unpaired) electrons. The van der Waals surface area contributed by atoms with E-state index in [1.54, 1.807) is 20.8 Å². The number of hydrogen-bond acceptors (Lipinski definition) is 10. The van der Waals surface area contributed by atoms with E-state index in [-0.39, 0.29) is 11.8 Å². The third-order valence-corrected chi connectivity index (χ3v) is 7.84. The number of nitrogens with one attached hydrogen (secondary N) is 6. The zero-order chi connectivity index (χ0) is 39.6. The van der Waals surface area contributed by atoms with Crippen LogP contribution in [0.2, 0.25) is 0 Å². The molecule has 0 aliphatic carbocycles. The summed E-state index contributed by atoms with van der Waals surface area (Å²) in [6.07, 6.45) is -1.17. The van der Waals surface area contributed by atoms with E-state index >= 15 is 0 Å². The highest BCUT2D eigenvalue weighted by atomic mass is 16.4. The SMILES string of the molecule is CC[C@H](C)[C@H](NC(=O)[C@@H](N)CC(C)C)C(=O)N[C@H](C(=O)N[C@@H](C)C(=O)NCC(=O)N[C@@H](CCC(=O)O)C(=O)N[C@@H](CCC(=O)O)C(=O)O)C(C)C. The lowest BCUT2D eigenvalue weighted by molar-refractivity contribution is -0.144. The Morgan fingerprint density at radius 2 is 1.12 bits per heavy atom. The van der Waals surface area contributed by atoms with Gasteiger partial charge in [-0.15, -0.1) is 0 Å². The van der Waals surface area contributed by atoms with Gasteiger partial charge in [0, 0.05) is 12.8 Å². The molecule has 0 fully saturated rings. The zero-order valence-electron chi connectivity index (χ0n) is 30.2. The highest BCUT2D eigenvalue weighted by Crippen LogP contribution is 2.12. The average Bonchev–Trinajstić information content (AvgIpc) is 3.03. The summed E-state index contributed by atoms with van der Waals surface area (Å²) < 4.78 is 0. The van der Waals surface area contributed by atoms with Gasteiger partial charge in [0.2, 0.25) is 35.4 Å². The second kappa shape index (κ2) is 22.8. The van der Waals surface area contributed by atoms with Gasteiger partial charge < -0.3 is 53.0 Å². The number of hydrogen-bond donors (Lipinski definition) is 10. The number of nitrogens with two attached hydrogens (primary N) is 1. The molecule has 0 saturated carbocycles. The van der Waals surface area contributed by atoms with Crippen molar-refractivity contribution in [2.24, 2.45) is 23.5 Å². The summed E-state index contributed by atoms with van der Waals surface area (Å²) in [4.78, 5) is 111. The Labute approximate surface area is 297 Å². The van der Waals surface area contributed by atoms with E-state index in [1.807, 2.05) is 20.8 Å².